The predicted octanol–water partition coefficient (Wildman–Crippen LogP) is 1.61. The molecule has 0 aliphatic carbocycles. The Bertz CT molecular complexity index is 522. The third kappa shape index (κ3) is 4.99. The molecule has 2 amide bonds. The minimum Gasteiger partial charge on any atom is -0.473 e. The molecule has 0 saturated carbocycles. The Morgan fingerprint density at radius 2 is 1.87 bits per heavy atom. The van der Waals surface area contributed by atoms with Gasteiger partial charge in [0.25, 0.3) is 0 Å². The monoisotopic (exact) mass is 341 g/mol. The Morgan fingerprint density at radius 3 is 2.43 bits per heavy atom. The lowest BCUT2D eigenvalue weighted by molar-refractivity contribution is 0.119. The zero-order valence-electron chi connectivity index (χ0n) is 13.6. The number of nitrogens with zero attached hydrogens (tertiary/aromatic N) is 2. The van der Waals surface area contributed by atoms with E-state index in [4.69, 9.17) is 21.4 Å². The summed E-state index contributed by atoms with van der Waals surface area (Å²) in [5, 5.41) is 12.4. The van der Waals surface area contributed by atoms with Crippen molar-refractivity contribution in [1.82, 2.24) is 15.1 Å². The minimum atomic E-state index is -0.129. The highest BCUT2D eigenvalue weighted by Crippen LogP contribution is 2.25. The first-order chi connectivity index (χ1) is 11.0. The van der Waals surface area contributed by atoms with Crippen LogP contribution in [0.5, 0.6) is 5.75 Å². The SMILES string of the molecule is Cc1cc(OCNC(=O)N2CCN(CCO)CC2)cc(C)c1Cl. The maximum atomic E-state index is 12.1. The molecule has 1 aliphatic rings. The minimum absolute atomic E-state index is 0.121. The number of rotatable bonds is 5. The second-order valence-electron chi connectivity index (χ2n) is 5.69. The number of amides is 2. The molecule has 1 fully saturated rings. The van der Waals surface area contributed by atoms with Gasteiger partial charge in [-0.2, -0.15) is 0 Å². The number of β-amino-alcohol motifs (C(OH)–C–C–N with tert-alkyl or cyclic N) is 1. The smallest absolute Gasteiger partial charge is 0.320 e. The summed E-state index contributed by atoms with van der Waals surface area (Å²) in [6, 6.07) is 3.58. The van der Waals surface area contributed by atoms with Crippen LogP contribution in [0.25, 0.3) is 0 Å². The van der Waals surface area contributed by atoms with Gasteiger partial charge in [0.1, 0.15) is 5.75 Å². The van der Waals surface area contributed by atoms with Gasteiger partial charge in [0, 0.05) is 37.7 Å². The largest absolute Gasteiger partial charge is 0.473 e. The van der Waals surface area contributed by atoms with Gasteiger partial charge in [0.05, 0.1) is 6.61 Å². The Morgan fingerprint density at radius 1 is 1.26 bits per heavy atom. The normalized spacial score (nSPS) is 15.6. The van der Waals surface area contributed by atoms with E-state index >= 15 is 0 Å². The molecule has 1 aliphatic heterocycles. The first kappa shape index (κ1) is 17.8. The van der Waals surface area contributed by atoms with E-state index in [2.05, 4.69) is 10.2 Å². The van der Waals surface area contributed by atoms with E-state index in [9.17, 15) is 4.79 Å². The molecule has 128 valence electrons. The number of aliphatic hydroxyl groups is 1. The number of piperazine rings is 1. The summed E-state index contributed by atoms with van der Waals surface area (Å²) < 4.78 is 5.58. The summed E-state index contributed by atoms with van der Waals surface area (Å²) in [6.45, 7) is 7.66. The van der Waals surface area contributed by atoms with E-state index in [1.54, 1.807) is 4.90 Å². The molecule has 2 rings (SSSR count). The van der Waals surface area contributed by atoms with Crippen molar-refractivity contribution in [3.8, 4) is 5.75 Å². The van der Waals surface area contributed by atoms with Crippen LogP contribution in [0.2, 0.25) is 5.02 Å². The average molecular weight is 342 g/mol. The number of aliphatic hydroxyl groups excluding tert-OH is 1. The topological polar surface area (TPSA) is 65.0 Å². The molecule has 1 aromatic carbocycles. The van der Waals surface area contributed by atoms with Crippen LogP contribution >= 0.6 is 11.6 Å². The molecular weight excluding hydrogens is 318 g/mol. The van der Waals surface area contributed by atoms with E-state index in [-0.39, 0.29) is 19.4 Å². The molecule has 1 aromatic rings. The molecule has 0 bridgehead atoms. The number of benzene rings is 1. The second-order valence-corrected chi connectivity index (χ2v) is 6.07. The van der Waals surface area contributed by atoms with Crippen LogP contribution in [0.3, 0.4) is 0 Å². The van der Waals surface area contributed by atoms with Crippen molar-refractivity contribution < 1.29 is 14.6 Å². The van der Waals surface area contributed by atoms with E-state index < -0.39 is 0 Å². The molecule has 0 spiro atoms. The van der Waals surface area contributed by atoms with Gasteiger partial charge in [0.2, 0.25) is 0 Å². The first-order valence-electron chi connectivity index (χ1n) is 7.77. The van der Waals surface area contributed by atoms with Gasteiger partial charge in [-0.25, -0.2) is 4.79 Å². The maximum Gasteiger partial charge on any atom is 0.320 e. The highest BCUT2D eigenvalue weighted by Gasteiger charge is 2.20. The van der Waals surface area contributed by atoms with Crippen molar-refractivity contribution in [3.05, 3.63) is 28.3 Å². The third-order valence-electron chi connectivity index (χ3n) is 3.95. The van der Waals surface area contributed by atoms with Crippen LogP contribution in [0, 0.1) is 13.8 Å². The quantitative estimate of drug-likeness (QED) is 0.799. The first-order valence-corrected chi connectivity index (χ1v) is 8.14. The number of carbonyl (C=O) groups is 1. The van der Waals surface area contributed by atoms with Crippen molar-refractivity contribution >= 4 is 17.6 Å². The Hall–Kier alpha value is -1.50. The molecular formula is C16H24ClN3O3. The van der Waals surface area contributed by atoms with Gasteiger partial charge in [-0.3, -0.25) is 4.90 Å². The molecule has 1 saturated heterocycles. The second kappa shape index (κ2) is 8.38. The number of carbonyl (C=O) groups excluding carboxylic acids is 1. The third-order valence-corrected chi connectivity index (χ3v) is 4.54. The lowest BCUT2D eigenvalue weighted by Crippen LogP contribution is -2.52. The Balaban J connectivity index is 1.75. The van der Waals surface area contributed by atoms with E-state index in [1.807, 2.05) is 26.0 Å². The summed E-state index contributed by atoms with van der Waals surface area (Å²) in [6.07, 6.45) is 0. The molecule has 7 heteroatoms. The Kier molecular flexibility index (Phi) is 6.50. The molecule has 0 unspecified atom stereocenters. The lowest BCUT2D eigenvalue weighted by Gasteiger charge is -2.34. The van der Waals surface area contributed by atoms with Crippen LogP contribution < -0.4 is 10.1 Å². The molecule has 0 radical (unpaired) electrons. The highest BCUT2D eigenvalue weighted by molar-refractivity contribution is 6.32. The number of nitrogens with one attached hydrogen (secondary N) is 1. The zero-order chi connectivity index (χ0) is 16.8. The molecule has 0 atom stereocenters. The summed E-state index contributed by atoms with van der Waals surface area (Å²) in [4.78, 5) is 16.0. The van der Waals surface area contributed by atoms with Gasteiger partial charge < -0.3 is 20.1 Å². The average Bonchev–Trinajstić information content (AvgIpc) is 2.53. The van der Waals surface area contributed by atoms with E-state index in [0.717, 1.165) is 29.2 Å². The number of halogens is 1. The standard InChI is InChI=1S/C16H24ClN3O3/c1-12-9-14(10-13(2)15(12)17)23-11-18-16(22)20-5-3-19(4-6-20)7-8-21/h9-10,21H,3-8,11H2,1-2H3,(H,18,22). The maximum absolute atomic E-state index is 12.1. The summed E-state index contributed by atoms with van der Waals surface area (Å²) >= 11 is 6.12. The van der Waals surface area contributed by atoms with Gasteiger partial charge >= 0.3 is 6.03 Å². The van der Waals surface area contributed by atoms with Crippen molar-refractivity contribution in [1.29, 1.82) is 0 Å². The summed E-state index contributed by atoms with van der Waals surface area (Å²) in [7, 11) is 0. The summed E-state index contributed by atoms with van der Waals surface area (Å²) in [5.41, 5.74) is 1.90. The van der Waals surface area contributed by atoms with E-state index in [0.29, 0.717) is 25.4 Å². The fraction of sp³-hybridized carbons (Fsp3) is 0.562. The highest BCUT2D eigenvalue weighted by atomic mass is 35.5. The van der Waals surface area contributed by atoms with Gasteiger partial charge in [-0.05, 0) is 37.1 Å². The van der Waals surface area contributed by atoms with Gasteiger partial charge in [0.15, 0.2) is 6.73 Å². The van der Waals surface area contributed by atoms with Gasteiger partial charge in [-0.1, -0.05) is 11.6 Å². The number of urea groups is 1. The Labute approximate surface area is 142 Å². The van der Waals surface area contributed by atoms with Crippen molar-refractivity contribution in [3.63, 3.8) is 0 Å². The fourth-order valence-electron chi connectivity index (χ4n) is 2.60. The molecule has 2 N–H and O–H groups in total. The number of ether oxygens (including phenoxy) is 1. The number of aryl methyl sites for hydroxylation is 2. The number of hydrogen-bond donors (Lipinski definition) is 2. The van der Waals surface area contributed by atoms with Crippen LogP contribution in [0.4, 0.5) is 4.79 Å². The van der Waals surface area contributed by atoms with Crippen LogP contribution in [0.15, 0.2) is 12.1 Å². The van der Waals surface area contributed by atoms with E-state index in [1.165, 1.54) is 0 Å². The van der Waals surface area contributed by atoms with Crippen molar-refractivity contribution in [2.45, 2.75) is 13.8 Å². The van der Waals surface area contributed by atoms with Crippen molar-refractivity contribution in [2.24, 2.45) is 0 Å². The molecule has 23 heavy (non-hydrogen) atoms. The zero-order valence-corrected chi connectivity index (χ0v) is 14.4. The lowest BCUT2D eigenvalue weighted by atomic mass is 10.1. The molecule has 6 nitrogen and oxygen atoms in total. The van der Waals surface area contributed by atoms with Crippen molar-refractivity contribution in [2.75, 3.05) is 46.1 Å². The fourth-order valence-corrected chi connectivity index (χ4v) is 2.71. The summed E-state index contributed by atoms with van der Waals surface area (Å²) in [5.74, 6) is 0.692. The number of hydrogen-bond acceptors (Lipinski definition) is 4. The van der Waals surface area contributed by atoms with Crippen LogP contribution in [0.1, 0.15) is 11.1 Å². The molecule has 0 aromatic heterocycles. The van der Waals surface area contributed by atoms with Crippen LogP contribution in [-0.4, -0.2) is 67.0 Å². The van der Waals surface area contributed by atoms with Crippen LogP contribution in [-0.2, 0) is 0 Å². The van der Waals surface area contributed by atoms with Gasteiger partial charge in [-0.15, -0.1) is 0 Å². The molecule has 1 heterocycles. The predicted molar refractivity (Wildman–Crippen MR) is 90.1 cm³/mol.